The number of methoxy groups -OCH3 is 1. The van der Waals surface area contributed by atoms with Crippen LogP contribution in [0.15, 0.2) is 52.6 Å². The van der Waals surface area contributed by atoms with E-state index in [-0.39, 0.29) is 6.04 Å². The second-order valence-electron chi connectivity index (χ2n) is 4.40. The summed E-state index contributed by atoms with van der Waals surface area (Å²) in [7, 11) is 1.72. The van der Waals surface area contributed by atoms with Gasteiger partial charge in [0.15, 0.2) is 5.17 Å². The van der Waals surface area contributed by atoms with Gasteiger partial charge < -0.3 is 9.64 Å². The van der Waals surface area contributed by atoms with Gasteiger partial charge in [0.2, 0.25) is 0 Å². The first-order chi connectivity index (χ1) is 9.33. The van der Waals surface area contributed by atoms with E-state index in [1.165, 1.54) is 5.56 Å². The fourth-order valence-electron chi connectivity index (χ4n) is 2.35. The largest absolute Gasteiger partial charge is 0.496 e. The molecule has 4 heteroatoms. The third-order valence-corrected chi connectivity index (χ3v) is 4.10. The minimum Gasteiger partial charge on any atom is -0.496 e. The van der Waals surface area contributed by atoms with Crippen molar-refractivity contribution in [3.8, 4) is 5.75 Å². The van der Waals surface area contributed by atoms with Crippen LogP contribution < -0.4 is 4.74 Å². The van der Waals surface area contributed by atoms with Gasteiger partial charge in [0.25, 0.3) is 0 Å². The molecule has 0 bridgehead atoms. The van der Waals surface area contributed by atoms with Crippen molar-refractivity contribution in [1.29, 1.82) is 0 Å². The van der Waals surface area contributed by atoms with Crippen LogP contribution in [-0.2, 0) is 0 Å². The SMILES string of the molecule is CCC1=CC(c2ccccc2OC)N2C=CSC2=N1. The van der Waals surface area contributed by atoms with E-state index < -0.39 is 0 Å². The number of fused-ring (bicyclic) bond motifs is 1. The molecule has 0 saturated carbocycles. The fourth-order valence-corrected chi connectivity index (χ4v) is 3.13. The summed E-state index contributed by atoms with van der Waals surface area (Å²) >= 11 is 1.67. The molecule has 0 amide bonds. The highest BCUT2D eigenvalue weighted by Gasteiger charge is 2.29. The summed E-state index contributed by atoms with van der Waals surface area (Å²) < 4.78 is 5.49. The quantitative estimate of drug-likeness (QED) is 0.833. The predicted octanol–water partition coefficient (Wildman–Crippen LogP) is 3.92. The number of nitrogens with zero attached hydrogens (tertiary/aromatic N) is 2. The Balaban J connectivity index is 2.05. The summed E-state index contributed by atoms with van der Waals surface area (Å²) in [5.74, 6) is 0.922. The van der Waals surface area contributed by atoms with Crippen LogP contribution in [0.4, 0.5) is 0 Å². The molecule has 98 valence electrons. The standard InChI is InChI=1S/C15H16N2OS/c1-3-11-10-13(17-8-9-19-15(17)16-11)12-6-4-5-7-14(12)18-2/h4-10,13H,3H2,1-2H3. The average Bonchev–Trinajstić information content (AvgIpc) is 2.94. The van der Waals surface area contributed by atoms with Crippen molar-refractivity contribution in [2.24, 2.45) is 4.99 Å². The van der Waals surface area contributed by atoms with E-state index in [2.05, 4.69) is 46.6 Å². The lowest BCUT2D eigenvalue weighted by molar-refractivity contribution is 0.392. The molecule has 0 aliphatic carbocycles. The van der Waals surface area contributed by atoms with Gasteiger partial charge in [-0.3, -0.25) is 0 Å². The van der Waals surface area contributed by atoms with Gasteiger partial charge >= 0.3 is 0 Å². The van der Waals surface area contributed by atoms with E-state index in [1.807, 2.05) is 12.1 Å². The fraction of sp³-hybridized carbons (Fsp3) is 0.267. The molecule has 0 radical (unpaired) electrons. The normalized spacial score (nSPS) is 20.9. The van der Waals surface area contributed by atoms with Crippen LogP contribution >= 0.6 is 11.8 Å². The maximum atomic E-state index is 5.49. The van der Waals surface area contributed by atoms with Crippen LogP contribution in [0.1, 0.15) is 24.9 Å². The molecular weight excluding hydrogens is 256 g/mol. The lowest BCUT2D eigenvalue weighted by atomic mass is 10.0. The van der Waals surface area contributed by atoms with E-state index in [0.29, 0.717) is 0 Å². The zero-order chi connectivity index (χ0) is 13.2. The van der Waals surface area contributed by atoms with Gasteiger partial charge in [-0.2, -0.15) is 0 Å². The van der Waals surface area contributed by atoms with Crippen molar-refractivity contribution in [1.82, 2.24) is 4.90 Å². The molecule has 3 rings (SSSR count). The molecular formula is C15H16N2OS. The van der Waals surface area contributed by atoms with Gasteiger partial charge in [0, 0.05) is 17.5 Å². The molecule has 0 aromatic heterocycles. The molecule has 1 unspecified atom stereocenters. The Labute approximate surface area is 117 Å². The van der Waals surface area contributed by atoms with Crippen LogP contribution in [0.5, 0.6) is 5.75 Å². The van der Waals surface area contributed by atoms with Gasteiger partial charge in [0.1, 0.15) is 5.75 Å². The smallest absolute Gasteiger partial charge is 0.173 e. The summed E-state index contributed by atoms with van der Waals surface area (Å²) in [6, 6.07) is 8.35. The van der Waals surface area contributed by atoms with E-state index in [1.54, 1.807) is 18.9 Å². The molecule has 2 aliphatic rings. The van der Waals surface area contributed by atoms with Crippen LogP contribution in [0, 0.1) is 0 Å². The van der Waals surface area contributed by atoms with Gasteiger partial charge in [0.05, 0.1) is 13.2 Å². The minimum absolute atomic E-state index is 0.171. The molecule has 0 saturated heterocycles. The Bertz CT molecular complexity index is 577. The first-order valence-electron chi connectivity index (χ1n) is 6.37. The molecule has 1 aromatic rings. The van der Waals surface area contributed by atoms with Crippen LogP contribution in [0.2, 0.25) is 0 Å². The predicted molar refractivity (Wildman–Crippen MR) is 80.1 cm³/mol. The summed E-state index contributed by atoms with van der Waals surface area (Å²) in [4.78, 5) is 6.85. The summed E-state index contributed by atoms with van der Waals surface area (Å²) in [6.45, 7) is 2.14. The van der Waals surface area contributed by atoms with Crippen LogP contribution in [0.25, 0.3) is 0 Å². The van der Waals surface area contributed by atoms with Gasteiger partial charge in [-0.05, 0) is 24.0 Å². The Morgan fingerprint density at radius 1 is 1.37 bits per heavy atom. The third kappa shape index (κ3) is 2.16. The highest BCUT2D eigenvalue weighted by atomic mass is 32.2. The van der Waals surface area contributed by atoms with Crippen LogP contribution in [-0.4, -0.2) is 17.2 Å². The molecule has 1 aromatic carbocycles. The summed E-state index contributed by atoms with van der Waals surface area (Å²) in [5.41, 5.74) is 2.31. The molecule has 0 spiro atoms. The monoisotopic (exact) mass is 272 g/mol. The van der Waals surface area contributed by atoms with E-state index in [9.17, 15) is 0 Å². The Morgan fingerprint density at radius 2 is 2.21 bits per heavy atom. The molecule has 19 heavy (non-hydrogen) atoms. The summed E-state index contributed by atoms with van der Waals surface area (Å²) in [5, 5.41) is 3.13. The van der Waals surface area contributed by atoms with Crippen molar-refractivity contribution >= 4 is 16.9 Å². The molecule has 0 fully saturated rings. The zero-order valence-electron chi connectivity index (χ0n) is 11.0. The van der Waals surface area contributed by atoms with Crippen molar-refractivity contribution in [2.45, 2.75) is 19.4 Å². The van der Waals surface area contributed by atoms with Crippen molar-refractivity contribution in [3.05, 3.63) is 53.2 Å². The van der Waals surface area contributed by atoms with Crippen molar-refractivity contribution < 1.29 is 4.74 Å². The maximum Gasteiger partial charge on any atom is 0.173 e. The van der Waals surface area contributed by atoms with Crippen molar-refractivity contribution in [3.63, 3.8) is 0 Å². The number of rotatable bonds is 3. The lowest BCUT2D eigenvalue weighted by Gasteiger charge is -2.30. The number of aliphatic imine (C=N–C) groups is 1. The second-order valence-corrected chi connectivity index (χ2v) is 5.28. The van der Waals surface area contributed by atoms with Crippen molar-refractivity contribution in [2.75, 3.05) is 7.11 Å². The van der Waals surface area contributed by atoms with E-state index >= 15 is 0 Å². The molecule has 2 heterocycles. The van der Waals surface area contributed by atoms with Crippen LogP contribution in [0.3, 0.4) is 0 Å². The average molecular weight is 272 g/mol. The number of benzene rings is 1. The molecule has 0 N–H and O–H groups in total. The number of allylic oxidation sites excluding steroid dienone is 1. The highest BCUT2D eigenvalue weighted by molar-refractivity contribution is 8.16. The first-order valence-corrected chi connectivity index (χ1v) is 7.25. The maximum absolute atomic E-state index is 5.49. The molecule has 2 aliphatic heterocycles. The molecule has 1 atom stereocenters. The zero-order valence-corrected chi connectivity index (χ0v) is 11.9. The highest BCUT2D eigenvalue weighted by Crippen LogP contribution is 2.39. The molecule has 3 nitrogen and oxygen atoms in total. The lowest BCUT2D eigenvalue weighted by Crippen LogP contribution is -2.27. The van der Waals surface area contributed by atoms with E-state index in [0.717, 1.165) is 23.0 Å². The number of amidine groups is 1. The van der Waals surface area contributed by atoms with E-state index in [4.69, 9.17) is 4.74 Å². The van der Waals surface area contributed by atoms with Gasteiger partial charge in [-0.25, -0.2) is 4.99 Å². The Kier molecular flexibility index (Phi) is 3.34. The first kappa shape index (κ1) is 12.4. The number of para-hydroxylation sites is 1. The van der Waals surface area contributed by atoms with Gasteiger partial charge in [-0.1, -0.05) is 36.9 Å². The Morgan fingerprint density at radius 3 is 3.00 bits per heavy atom. The van der Waals surface area contributed by atoms with Gasteiger partial charge in [-0.15, -0.1) is 0 Å². The number of ether oxygens (including phenoxy) is 1. The number of thioether (sulfide) groups is 1. The Hall–Kier alpha value is -1.68. The topological polar surface area (TPSA) is 24.8 Å². The minimum atomic E-state index is 0.171. The third-order valence-electron chi connectivity index (χ3n) is 3.32. The number of hydrogen-bond acceptors (Lipinski definition) is 4. The number of hydrogen-bond donors (Lipinski definition) is 0. The summed E-state index contributed by atoms with van der Waals surface area (Å²) in [6.07, 6.45) is 5.25. The second kappa shape index (κ2) is 5.13.